The smallest absolute Gasteiger partial charge is 0.254 e. The molecule has 0 aliphatic carbocycles. The number of nitrogens with zero attached hydrogens (tertiary/aromatic N) is 2. The molecular formula is C21H19N5O4. The SMILES string of the molecule is O=C(CC[C@H]1NC(=O)c2ccccc2NC1=O)NCc1nc(-c2ccccc2)no1. The summed E-state index contributed by atoms with van der Waals surface area (Å²) in [6.07, 6.45) is 0.213. The first kappa shape index (κ1) is 19.3. The summed E-state index contributed by atoms with van der Waals surface area (Å²) in [5.74, 6) is -0.284. The van der Waals surface area contributed by atoms with Gasteiger partial charge in [-0.05, 0) is 18.6 Å². The lowest BCUT2D eigenvalue weighted by atomic mass is 10.1. The topological polar surface area (TPSA) is 126 Å². The number of anilines is 1. The Morgan fingerprint density at radius 3 is 2.67 bits per heavy atom. The van der Waals surface area contributed by atoms with Gasteiger partial charge < -0.3 is 20.5 Å². The van der Waals surface area contributed by atoms with Crippen molar-refractivity contribution >= 4 is 23.4 Å². The maximum Gasteiger partial charge on any atom is 0.254 e. The van der Waals surface area contributed by atoms with Gasteiger partial charge in [0.2, 0.25) is 23.5 Å². The Balaban J connectivity index is 1.29. The third kappa shape index (κ3) is 4.35. The molecule has 1 atom stereocenters. The fourth-order valence-corrected chi connectivity index (χ4v) is 3.08. The van der Waals surface area contributed by atoms with Gasteiger partial charge in [0.15, 0.2) is 0 Å². The van der Waals surface area contributed by atoms with E-state index in [1.54, 1.807) is 24.3 Å². The molecule has 0 saturated heterocycles. The maximum atomic E-state index is 12.4. The number of para-hydroxylation sites is 1. The Hall–Kier alpha value is -4.01. The van der Waals surface area contributed by atoms with Gasteiger partial charge >= 0.3 is 0 Å². The molecule has 3 aromatic rings. The number of nitrogens with one attached hydrogen (secondary N) is 3. The van der Waals surface area contributed by atoms with Crippen LogP contribution in [-0.2, 0) is 16.1 Å². The largest absolute Gasteiger partial charge is 0.347 e. The minimum Gasteiger partial charge on any atom is -0.347 e. The minimum atomic E-state index is -0.802. The maximum absolute atomic E-state index is 12.4. The van der Waals surface area contributed by atoms with Crippen LogP contribution >= 0.6 is 0 Å². The molecule has 0 bridgehead atoms. The van der Waals surface area contributed by atoms with E-state index in [0.717, 1.165) is 5.56 Å². The van der Waals surface area contributed by atoms with Crippen LogP contribution in [0.4, 0.5) is 5.69 Å². The molecule has 1 aliphatic heterocycles. The number of benzene rings is 2. The lowest BCUT2D eigenvalue weighted by molar-refractivity contribution is -0.122. The first-order valence-electron chi connectivity index (χ1n) is 9.45. The van der Waals surface area contributed by atoms with Gasteiger partial charge in [0.25, 0.3) is 5.91 Å². The number of carbonyl (C=O) groups excluding carboxylic acids is 3. The Morgan fingerprint density at radius 1 is 1.07 bits per heavy atom. The summed E-state index contributed by atoms with van der Waals surface area (Å²) < 4.78 is 5.15. The molecule has 0 saturated carbocycles. The Kier molecular flexibility index (Phi) is 5.51. The number of rotatable bonds is 6. The molecule has 0 radical (unpaired) electrons. The summed E-state index contributed by atoms with van der Waals surface area (Å²) >= 11 is 0. The summed E-state index contributed by atoms with van der Waals surface area (Å²) in [4.78, 5) is 41.1. The van der Waals surface area contributed by atoms with Crippen molar-refractivity contribution in [3.63, 3.8) is 0 Å². The van der Waals surface area contributed by atoms with Crippen LogP contribution in [0.25, 0.3) is 11.4 Å². The highest BCUT2D eigenvalue weighted by atomic mass is 16.5. The van der Waals surface area contributed by atoms with Crippen molar-refractivity contribution in [3.05, 3.63) is 66.1 Å². The van der Waals surface area contributed by atoms with E-state index >= 15 is 0 Å². The molecule has 9 nitrogen and oxygen atoms in total. The third-order valence-corrected chi connectivity index (χ3v) is 4.65. The summed E-state index contributed by atoms with van der Waals surface area (Å²) in [5, 5.41) is 12.0. The Morgan fingerprint density at radius 2 is 1.83 bits per heavy atom. The quantitative estimate of drug-likeness (QED) is 0.575. The number of hydrogen-bond donors (Lipinski definition) is 3. The number of hydrogen-bond acceptors (Lipinski definition) is 6. The van der Waals surface area contributed by atoms with Crippen LogP contribution in [0.1, 0.15) is 29.1 Å². The summed E-state index contributed by atoms with van der Waals surface area (Å²) in [7, 11) is 0. The molecule has 30 heavy (non-hydrogen) atoms. The number of fused-ring (bicyclic) bond motifs is 1. The van der Waals surface area contributed by atoms with E-state index in [-0.39, 0.29) is 43.0 Å². The van der Waals surface area contributed by atoms with Crippen LogP contribution in [0.5, 0.6) is 0 Å². The second kappa shape index (κ2) is 8.56. The minimum absolute atomic E-state index is 0.0500. The summed E-state index contributed by atoms with van der Waals surface area (Å²) in [6.45, 7) is 0.0767. The zero-order valence-electron chi connectivity index (χ0n) is 15.9. The van der Waals surface area contributed by atoms with Gasteiger partial charge in [0.1, 0.15) is 6.04 Å². The highest BCUT2D eigenvalue weighted by Gasteiger charge is 2.27. The van der Waals surface area contributed by atoms with E-state index < -0.39 is 6.04 Å². The zero-order valence-corrected chi connectivity index (χ0v) is 15.9. The lowest BCUT2D eigenvalue weighted by Gasteiger charge is -2.14. The second-order valence-corrected chi connectivity index (χ2v) is 6.75. The normalized spacial score (nSPS) is 15.5. The third-order valence-electron chi connectivity index (χ3n) is 4.65. The molecule has 9 heteroatoms. The van der Waals surface area contributed by atoms with Crippen molar-refractivity contribution in [2.24, 2.45) is 0 Å². The van der Waals surface area contributed by atoms with Crippen LogP contribution in [0.15, 0.2) is 59.1 Å². The van der Waals surface area contributed by atoms with E-state index in [0.29, 0.717) is 17.1 Å². The molecule has 152 valence electrons. The zero-order chi connectivity index (χ0) is 20.9. The van der Waals surface area contributed by atoms with Gasteiger partial charge in [0.05, 0.1) is 17.8 Å². The molecule has 0 spiro atoms. The van der Waals surface area contributed by atoms with E-state index in [4.69, 9.17) is 4.52 Å². The van der Waals surface area contributed by atoms with E-state index in [1.165, 1.54) is 0 Å². The molecule has 1 aromatic heterocycles. The average molecular weight is 405 g/mol. The Bertz CT molecular complexity index is 1080. The predicted molar refractivity (Wildman–Crippen MR) is 107 cm³/mol. The molecule has 2 heterocycles. The molecule has 0 fully saturated rings. The fourth-order valence-electron chi connectivity index (χ4n) is 3.08. The van der Waals surface area contributed by atoms with Crippen molar-refractivity contribution in [2.75, 3.05) is 5.32 Å². The average Bonchev–Trinajstić information content (AvgIpc) is 3.20. The van der Waals surface area contributed by atoms with Gasteiger partial charge in [-0.25, -0.2) is 0 Å². The van der Waals surface area contributed by atoms with Crippen molar-refractivity contribution in [3.8, 4) is 11.4 Å². The van der Waals surface area contributed by atoms with E-state index in [2.05, 4.69) is 26.1 Å². The lowest BCUT2D eigenvalue weighted by Crippen LogP contribution is -2.42. The number of carbonyl (C=O) groups is 3. The Labute approximate surface area is 171 Å². The molecule has 2 aromatic carbocycles. The van der Waals surface area contributed by atoms with Crippen LogP contribution < -0.4 is 16.0 Å². The highest BCUT2D eigenvalue weighted by Crippen LogP contribution is 2.19. The monoisotopic (exact) mass is 405 g/mol. The molecule has 4 rings (SSSR count). The van der Waals surface area contributed by atoms with Gasteiger partial charge in [-0.2, -0.15) is 4.98 Å². The van der Waals surface area contributed by atoms with E-state index in [1.807, 2.05) is 30.3 Å². The molecule has 3 amide bonds. The van der Waals surface area contributed by atoms with Gasteiger partial charge in [-0.1, -0.05) is 47.6 Å². The van der Waals surface area contributed by atoms with Crippen molar-refractivity contribution < 1.29 is 18.9 Å². The summed E-state index contributed by atoms with van der Waals surface area (Å²) in [6, 6.07) is 15.3. The molecular weight excluding hydrogens is 386 g/mol. The van der Waals surface area contributed by atoms with Crippen LogP contribution in [-0.4, -0.2) is 33.9 Å². The first-order chi connectivity index (χ1) is 14.6. The van der Waals surface area contributed by atoms with Crippen molar-refractivity contribution in [1.29, 1.82) is 0 Å². The first-order valence-corrected chi connectivity index (χ1v) is 9.45. The predicted octanol–water partition coefficient (Wildman–Crippen LogP) is 1.88. The van der Waals surface area contributed by atoms with Gasteiger partial charge in [-0.3, -0.25) is 14.4 Å². The summed E-state index contributed by atoms with van der Waals surface area (Å²) in [5.41, 5.74) is 1.66. The van der Waals surface area contributed by atoms with Crippen molar-refractivity contribution in [2.45, 2.75) is 25.4 Å². The van der Waals surface area contributed by atoms with Crippen molar-refractivity contribution in [1.82, 2.24) is 20.8 Å². The molecule has 3 N–H and O–H groups in total. The standard InChI is InChI=1S/C21H19N5O4/c27-17(22-12-18-25-19(26-30-18)13-6-2-1-3-7-13)11-10-16-21(29)23-15-9-5-4-8-14(15)20(28)24-16/h1-9,16H,10-12H2,(H,22,27)(H,23,29)(H,24,28)/t16-/m1/s1. The molecule has 0 unspecified atom stereocenters. The van der Waals surface area contributed by atoms with Crippen LogP contribution in [0.2, 0.25) is 0 Å². The number of amides is 3. The fraction of sp³-hybridized carbons (Fsp3) is 0.190. The van der Waals surface area contributed by atoms with Gasteiger partial charge in [-0.15, -0.1) is 0 Å². The highest BCUT2D eigenvalue weighted by molar-refractivity contribution is 6.09. The second-order valence-electron chi connectivity index (χ2n) is 6.75. The van der Waals surface area contributed by atoms with Crippen LogP contribution in [0, 0.1) is 0 Å². The number of aromatic nitrogens is 2. The molecule has 1 aliphatic rings. The van der Waals surface area contributed by atoms with Crippen LogP contribution in [0.3, 0.4) is 0 Å². The van der Waals surface area contributed by atoms with Gasteiger partial charge in [0, 0.05) is 12.0 Å². The van der Waals surface area contributed by atoms with E-state index in [9.17, 15) is 14.4 Å².